The predicted molar refractivity (Wildman–Crippen MR) is 120 cm³/mol. The summed E-state index contributed by atoms with van der Waals surface area (Å²) in [6.07, 6.45) is -0.714. The number of rotatable bonds is 13. The lowest BCUT2D eigenvalue weighted by molar-refractivity contribution is -0.123. The van der Waals surface area contributed by atoms with Gasteiger partial charge in [-0.2, -0.15) is 0 Å². The summed E-state index contributed by atoms with van der Waals surface area (Å²) >= 11 is 0. The number of carbonyl (C=O) groups is 4. The normalized spacial score (nSPS) is 13.9. The Hall–Kier alpha value is -2.64. The second kappa shape index (κ2) is 12.9. The van der Waals surface area contributed by atoms with Gasteiger partial charge in [0.15, 0.2) is 23.8 Å². The number of alkyl carbamates (subject to hydrolysis) is 2. The van der Waals surface area contributed by atoms with E-state index >= 15 is 0 Å². The van der Waals surface area contributed by atoms with E-state index in [1.165, 1.54) is 13.8 Å². The van der Waals surface area contributed by atoms with Gasteiger partial charge in [-0.05, 0) is 71.4 Å². The van der Waals surface area contributed by atoms with Crippen LogP contribution in [0.4, 0.5) is 9.59 Å². The van der Waals surface area contributed by atoms with Crippen molar-refractivity contribution in [3.05, 3.63) is 24.3 Å². The third-order valence-corrected chi connectivity index (χ3v) is 5.14. The minimum Gasteiger partial charge on any atom is -0.438 e. The number of ketones is 2. The molecule has 0 saturated carbocycles. The maximum Gasteiger partial charge on any atom is 0.408 e. The van der Waals surface area contributed by atoms with Gasteiger partial charge in [0.05, 0.1) is 0 Å². The highest BCUT2D eigenvalue weighted by Gasteiger charge is 2.29. The van der Waals surface area contributed by atoms with Gasteiger partial charge in [-0.1, -0.05) is 26.5 Å². The smallest absolute Gasteiger partial charge is 0.408 e. The van der Waals surface area contributed by atoms with Crippen molar-refractivity contribution in [2.75, 3.05) is 6.54 Å². The number of hydrogen-bond donors (Lipinski definition) is 2. The molecule has 0 bridgehead atoms. The highest BCUT2D eigenvalue weighted by molar-refractivity contribution is 5.98. The SMILES string of the molecule is C=C(C)C(=O)C(C)OC(=O)NCCCCC(C)C(C)(C)NC(=O)OC(C)C(=O)C(=C)C. The number of Topliss-reactive ketones (excluding diaryl/α,β-unsaturated/α-hetero) is 2. The first-order valence-electron chi connectivity index (χ1n) is 10.5. The predicted octanol–water partition coefficient (Wildman–Crippen LogP) is 4.09. The third-order valence-electron chi connectivity index (χ3n) is 5.14. The van der Waals surface area contributed by atoms with Crippen molar-refractivity contribution in [3.8, 4) is 0 Å². The van der Waals surface area contributed by atoms with Gasteiger partial charge < -0.3 is 20.1 Å². The topological polar surface area (TPSA) is 111 Å². The van der Waals surface area contributed by atoms with Crippen LogP contribution in [0.3, 0.4) is 0 Å². The van der Waals surface area contributed by atoms with Crippen LogP contribution in [-0.4, -0.2) is 48.0 Å². The van der Waals surface area contributed by atoms with Crippen LogP contribution in [0.5, 0.6) is 0 Å². The average molecular weight is 439 g/mol. The Bertz CT molecular complexity index is 698. The number of nitrogens with one attached hydrogen (secondary N) is 2. The van der Waals surface area contributed by atoms with E-state index in [0.29, 0.717) is 24.1 Å². The summed E-state index contributed by atoms with van der Waals surface area (Å²) in [7, 11) is 0. The van der Waals surface area contributed by atoms with Crippen molar-refractivity contribution < 1.29 is 28.7 Å². The van der Waals surface area contributed by atoms with Crippen LogP contribution < -0.4 is 10.6 Å². The fourth-order valence-electron chi connectivity index (χ4n) is 2.71. The van der Waals surface area contributed by atoms with Crippen LogP contribution in [0, 0.1) is 5.92 Å². The first-order valence-corrected chi connectivity index (χ1v) is 10.5. The summed E-state index contributed by atoms with van der Waals surface area (Å²) in [5.41, 5.74) is 0.127. The molecule has 0 aromatic heterocycles. The van der Waals surface area contributed by atoms with Crippen molar-refractivity contribution in [2.24, 2.45) is 5.92 Å². The van der Waals surface area contributed by atoms with E-state index in [1.54, 1.807) is 13.8 Å². The van der Waals surface area contributed by atoms with Gasteiger partial charge in [-0.3, -0.25) is 9.59 Å². The summed E-state index contributed by atoms with van der Waals surface area (Å²) in [6, 6.07) is 0. The van der Waals surface area contributed by atoms with Crippen LogP contribution in [0.2, 0.25) is 0 Å². The van der Waals surface area contributed by atoms with Crippen molar-refractivity contribution in [1.29, 1.82) is 0 Å². The number of hydrogen-bond acceptors (Lipinski definition) is 6. The zero-order valence-corrected chi connectivity index (χ0v) is 19.9. The van der Waals surface area contributed by atoms with Gasteiger partial charge >= 0.3 is 12.2 Å². The standard InChI is InChI=1S/C23H38N2O6/c1-14(2)19(26)17(6)30-21(28)24-13-11-10-12-16(5)23(8,9)25-22(29)31-18(7)20(27)15(3)4/h16-18H,1,3,10-13H2,2,4-9H3,(H,24,28)(H,25,29). The van der Waals surface area contributed by atoms with E-state index in [0.717, 1.165) is 12.8 Å². The lowest BCUT2D eigenvalue weighted by Gasteiger charge is -2.33. The lowest BCUT2D eigenvalue weighted by atomic mass is 9.85. The van der Waals surface area contributed by atoms with E-state index in [4.69, 9.17) is 9.47 Å². The highest BCUT2D eigenvalue weighted by Crippen LogP contribution is 2.22. The molecule has 0 spiro atoms. The monoisotopic (exact) mass is 438 g/mol. The molecule has 0 aromatic carbocycles. The molecule has 0 heterocycles. The van der Waals surface area contributed by atoms with Crippen LogP contribution in [0.25, 0.3) is 0 Å². The van der Waals surface area contributed by atoms with Gasteiger partial charge in [0, 0.05) is 12.1 Å². The van der Waals surface area contributed by atoms with E-state index in [9.17, 15) is 19.2 Å². The largest absolute Gasteiger partial charge is 0.438 e. The molecule has 3 unspecified atom stereocenters. The molecule has 0 aliphatic carbocycles. The average Bonchev–Trinajstić information content (AvgIpc) is 2.65. The fourth-order valence-corrected chi connectivity index (χ4v) is 2.71. The maximum atomic E-state index is 12.1. The molecule has 8 nitrogen and oxygen atoms in total. The van der Waals surface area contributed by atoms with Gasteiger partial charge in [0.1, 0.15) is 0 Å². The Morgan fingerprint density at radius 2 is 1.29 bits per heavy atom. The first-order chi connectivity index (χ1) is 14.2. The lowest BCUT2D eigenvalue weighted by Crippen LogP contribution is -2.49. The summed E-state index contributed by atoms with van der Waals surface area (Å²) < 4.78 is 10.2. The van der Waals surface area contributed by atoms with Crippen molar-refractivity contribution in [1.82, 2.24) is 10.6 Å². The minimum atomic E-state index is -0.886. The van der Waals surface area contributed by atoms with E-state index < -0.39 is 29.9 Å². The number of carbonyl (C=O) groups excluding carboxylic acids is 4. The van der Waals surface area contributed by atoms with Gasteiger partial charge in [-0.15, -0.1) is 0 Å². The third kappa shape index (κ3) is 10.8. The van der Waals surface area contributed by atoms with Crippen molar-refractivity contribution in [3.63, 3.8) is 0 Å². The van der Waals surface area contributed by atoms with Crippen LogP contribution in [0.15, 0.2) is 24.3 Å². The number of amides is 2. The molecule has 0 aliphatic rings. The van der Waals surface area contributed by atoms with Gasteiger partial charge in [-0.25, -0.2) is 9.59 Å². The Kier molecular flexibility index (Phi) is 11.8. The second-order valence-corrected chi connectivity index (χ2v) is 8.55. The molecule has 2 N–H and O–H groups in total. The minimum absolute atomic E-state index is 0.118. The Morgan fingerprint density at radius 1 is 0.839 bits per heavy atom. The Labute approximate surface area is 185 Å². The molecule has 8 heteroatoms. The molecule has 0 fully saturated rings. The second-order valence-electron chi connectivity index (χ2n) is 8.55. The molecule has 0 aliphatic heterocycles. The summed E-state index contributed by atoms with van der Waals surface area (Å²) in [6.45, 7) is 19.5. The number of unbranched alkanes of at least 4 members (excludes halogenated alkanes) is 1. The maximum absolute atomic E-state index is 12.1. The van der Waals surface area contributed by atoms with E-state index in [2.05, 4.69) is 23.8 Å². The summed E-state index contributed by atoms with van der Waals surface area (Å²) in [5.74, 6) is -0.506. The molecule has 0 radical (unpaired) electrons. The molecule has 2 amide bonds. The van der Waals surface area contributed by atoms with E-state index in [-0.39, 0.29) is 17.5 Å². The number of ether oxygens (including phenoxy) is 2. The van der Waals surface area contributed by atoms with Crippen LogP contribution in [-0.2, 0) is 19.1 Å². The Morgan fingerprint density at radius 3 is 1.74 bits per heavy atom. The molecule has 0 saturated heterocycles. The van der Waals surface area contributed by atoms with Crippen LogP contribution >= 0.6 is 0 Å². The van der Waals surface area contributed by atoms with Crippen LogP contribution in [0.1, 0.15) is 67.7 Å². The van der Waals surface area contributed by atoms with E-state index in [1.807, 2.05) is 20.8 Å². The van der Waals surface area contributed by atoms with Crippen molar-refractivity contribution in [2.45, 2.75) is 85.5 Å². The fraction of sp³-hybridized carbons (Fsp3) is 0.652. The van der Waals surface area contributed by atoms with Gasteiger partial charge in [0.25, 0.3) is 0 Å². The molecule has 176 valence electrons. The summed E-state index contributed by atoms with van der Waals surface area (Å²) in [4.78, 5) is 47.3. The highest BCUT2D eigenvalue weighted by atomic mass is 16.6. The molecular formula is C23H38N2O6. The zero-order valence-electron chi connectivity index (χ0n) is 19.9. The summed E-state index contributed by atoms with van der Waals surface area (Å²) in [5, 5.41) is 5.43. The molecule has 3 atom stereocenters. The molecule has 31 heavy (non-hydrogen) atoms. The molecular weight excluding hydrogens is 400 g/mol. The zero-order chi connectivity index (χ0) is 24.4. The van der Waals surface area contributed by atoms with Gasteiger partial charge in [0.2, 0.25) is 0 Å². The Balaban J connectivity index is 4.28. The quantitative estimate of drug-likeness (QED) is 0.331. The molecule has 0 aromatic rings. The first kappa shape index (κ1) is 28.4. The molecule has 0 rings (SSSR count). The van der Waals surface area contributed by atoms with Crippen molar-refractivity contribution >= 4 is 23.8 Å².